The van der Waals surface area contributed by atoms with Crippen molar-refractivity contribution >= 4 is 49.6 Å². The Labute approximate surface area is 160 Å². The zero-order valence-corrected chi connectivity index (χ0v) is 16.2. The summed E-state index contributed by atoms with van der Waals surface area (Å²) in [5, 5.41) is 3.64. The first-order valence-electron chi connectivity index (χ1n) is 7.29. The molecule has 4 nitrogen and oxygen atoms in total. The van der Waals surface area contributed by atoms with Gasteiger partial charge in [0.15, 0.2) is 0 Å². The quantitative estimate of drug-likeness (QED) is 0.455. The van der Waals surface area contributed by atoms with Gasteiger partial charge in [-0.05, 0) is 68.6 Å². The summed E-state index contributed by atoms with van der Waals surface area (Å²) in [4.78, 5) is 16.3. The zero-order valence-electron chi connectivity index (χ0n) is 13.1. The molecule has 0 unspecified atom stereocenters. The van der Waals surface area contributed by atoms with Crippen LogP contribution in [-0.2, 0) is 16.2 Å². The fourth-order valence-corrected chi connectivity index (χ4v) is 3.70. The summed E-state index contributed by atoms with van der Waals surface area (Å²) in [7, 11) is 0. The van der Waals surface area contributed by atoms with Gasteiger partial charge in [-0.2, -0.15) is 0 Å². The van der Waals surface area contributed by atoms with Crippen molar-refractivity contribution in [2.75, 3.05) is 0 Å². The van der Waals surface area contributed by atoms with E-state index in [0.717, 1.165) is 5.56 Å². The van der Waals surface area contributed by atoms with E-state index in [1.165, 1.54) is 6.07 Å². The predicted molar refractivity (Wildman–Crippen MR) is 99.8 cm³/mol. The number of oxime groups is 1. The SMILES string of the molecule is CC1=NOC(=O)/C1=C\c1cc(Br)c(OCc2ccccc2F)c(Br)c1. The maximum atomic E-state index is 13.7. The summed E-state index contributed by atoms with van der Waals surface area (Å²) in [5.41, 5.74) is 2.16. The van der Waals surface area contributed by atoms with Crippen molar-refractivity contribution in [1.82, 2.24) is 0 Å². The molecule has 0 fully saturated rings. The van der Waals surface area contributed by atoms with Crippen molar-refractivity contribution in [3.05, 3.63) is 67.9 Å². The summed E-state index contributed by atoms with van der Waals surface area (Å²) in [5.74, 6) is -0.250. The Kier molecular flexibility index (Phi) is 5.34. The van der Waals surface area contributed by atoms with Gasteiger partial charge in [0.25, 0.3) is 0 Å². The van der Waals surface area contributed by atoms with Crippen LogP contribution in [0.5, 0.6) is 5.75 Å². The molecular weight excluding hydrogens is 457 g/mol. The van der Waals surface area contributed by atoms with E-state index < -0.39 is 5.97 Å². The van der Waals surface area contributed by atoms with Crippen molar-refractivity contribution < 1.29 is 18.8 Å². The number of nitrogens with zero attached hydrogens (tertiary/aromatic N) is 1. The average molecular weight is 469 g/mol. The lowest BCUT2D eigenvalue weighted by Gasteiger charge is -2.12. The Balaban J connectivity index is 1.84. The van der Waals surface area contributed by atoms with Crippen molar-refractivity contribution in [3.8, 4) is 5.75 Å². The summed E-state index contributed by atoms with van der Waals surface area (Å²) in [6.07, 6.45) is 1.68. The smallest absolute Gasteiger partial charge is 0.367 e. The monoisotopic (exact) mass is 467 g/mol. The molecule has 7 heteroatoms. The van der Waals surface area contributed by atoms with Crippen molar-refractivity contribution in [2.45, 2.75) is 13.5 Å². The molecule has 0 radical (unpaired) electrons. The first-order valence-corrected chi connectivity index (χ1v) is 8.87. The van der Waals surface area contributed by atoms with Gasteiger partial charge >= 0.3 is 5.97 Å². The number of rotatable bonds is 4. The van der Waals surface area contributed by atoms with Gasteiger partial charge in [-0.15, -0.1) is 0 Å². The molecule has 3 rings (SSSR count). The number of carbonyl (C=O) groups is 1. The third kappa shape index (κ3) is 3.99. The van der Waals surface area contributed by atoms with Crippen LogP contribution in [0.2, 0.25) is 0 Å². The van der Waals surface area contributed by atoms with E-state index >= 15 is 0 Å². The van der Waals surface area contributed by atoms with E-state index in [4.69, 9.17) is 4.74 Å². The number of hydrogen-bond acceptors (Lipinski definition) is 4. The third-order valence-electron chi connectivity index (χ3n) is 3.54. The largest absolute Gasteiger partial charge is 0.486 e. The number of benzene rings is 2. The minimum atomic E-state index is -0.482. The lowest BCUT2D eigenvalue weighted by atomic mass is 10.1. The maximum Gasteiger partial charge on any atom is 0.367 e. The highest BCUT2D eigenvalue weighted by Crippen LogP contribution is 2.36. The molecule has 0 N–H and O–H groups in total. The fourth-order valence-electron chi connectivity index (χ4n) is 2.25. The molecule has 0 saturated heterocycles. The normalized spacial score (nSPS) is 15.3. The standard InChI is InChI=1S/C18H12Br2FNO3/c1-10-13(18(23)25-22-10)6-11-7-14(19)17(15(20)8-11)24-9-12-4-2-3-5-16(12)21/h2-8H,9H2,1H3/b13-6-. The Morgan fingerprint density at radius 3 is 2.52 bits per heavy atom. The van der Waals surface area contributed by atoms with Gasteiger partial charge in [-0.3, -0.25) is 0 Å². The molecule has 0 spiro atoms. The molecule has 1 heterocycles. The molecule has 1 aliphatic heterocycles. The molecule has 0 amide bonds. The topological polar surface area (TPSA) is 47.9 Å². The van der Waals surface area contributed by atoms with Gasteiger partial charge in [0.05, 0.1) is 20.2 Å². The van der Waals surface area contributed by atoms with Crippen LogP contribution in [0.1, 0.15) is 18.1 Å². The second-order valence-electron chi connectivity index (χ2n) is 5.31. The second kappa shape index (κ2) is 7.49. The number of hydrogen-bond donors (Lipinski definition) is 0. The lowest BCUT2D eigenvalue weighted by Crippen LogP contribution is -2.02. The van der Waals surface area contributed by atoms with Crippen LogP contribution in [0, 0.1) is 5.82 Å². The zero-order chi connectivity index (χ0) is 18.0. The summed E-state index contributed by atoms with van der Waals surface area (Å²) in [6.45, 7) is 1.80. The van der Waals surface area contributed by atoms with Gasteiger partial charge in [0, 0.05) is 5.56 Å². The Hall–Kier alpha value is -1.99. The highest BCUT2D eigenvalue weighted by molar-refractivity contribution is 9.11. The van der Waals surface area contributed by atoms with Gasteiger partial charge in [-0.25, -0.2) is 9.18 Å². The van der Waals surface area contributed by atoms with Gasteiger partial charge in [0.1, 0.15) is 18.2 Å². The van der Waals surface area contributed by atoms with Crippen LogP contribution in [0.3, 0.4) is 0 Å². The maximum absolute atomic E-state index is 13.7. The van der Waals surface area contributed by atoms with E-state index in [9.17, 15) is 9.18 Å². The highest BCUT2D eigenvalue weighted by atomic mass is 79.9. The molecule has 0 aliphatic carbocycles. The van der Waals surface area contributed by atoms with Crippen LogP contribution < -0.4 is 4.74 Å². The molecular formula is C18H12Br2FNO3. The number of ether oxygens (including phenoxy) is 1. The third-order valence-corrected chi connectivity index (χ3v) is 4.71. The molecule has 1 aliphatic rings. The van der Waals surface area contributed by atoms with Crippen molar-refractivity contribution in [3.63, 3.8) is 0 Å². The fraction of sp³-hybridized carbons (Fsp3) is 0.111. The van der Waals surface area contributed by atoms with E-state index in [0.29, 0.717) is 31.5 Å². The average Bonchev–Trinajstić information content (AvgIpc) is 2.87. The van der Waals surface area contributed by atoms with Crippen LogP contribution >= 0.6 is 31.9 Å². The molecule has 0 aromatic heterocycles. The van der Waals surface area contributed by atoms with Crippen molar-refractivity contribution in [2.24, 2.45) is 5.16 Å². The van der Waals surface area contributed by atoms with E-state index in [1.54, 1.807) is 43.3 Å². The van der Waals surface area contributed by atoms with E-state index in [-0.39, 0.29) is 12.4 Å². The first kappa shape index (κ1) is 17.8. The minimum absolute atomic E-state index is 0.0996. The Morgan fingerprint density at radius 1 is 1.24 bits per heavy atom. The van der Waals surface area contributed by atoms with E-state index in [2.05, 4.69) is 41.9 Å². The number of halogens is 3. The lowest BCUT2D eigenvalue weighted by molar-refractivity contribution is -0.136. The van der Waals surface area contributed by atoms with Crippen molar-refractivity contribution in [1.29, 1.82) is 0 Å². The van der Waals surface area contributed by atoms with E-state index in [1.807, 2.05) is 0 Å². The number of carbonyl (C=O) groups excluding carboxylic acids is 1. The predicted octanol–water partition coefficient (Wildman–Crippen LogP) is 5.25. The molecule has 0 atom stereocenters. The molecule has 0 bridgehead atoms. The summed E-state index contributed by atoms with van der Waals surface area (Å²) < 4.78 is 20.8. The molecule has 25 heavy (non-hydrogen) atoms. The van der Waals surface area contributed by atoms with Gasteiger partial charge in [0.2, 0.25) is 0 Å². The highest BCUT2D eigenvalue weighted by Gasteiger charge is 2.22. The molecule has 0 saturated carbocycles. The first-order chi connectivity index (χ1) is 12.0. The van der Waals surface area contributed by atoms with Crippen LogP contribution in [0.15, 0.2) is 56.1 Å². The minimum Gasteiger partial charge on any atom is -0.486 e. The molecule has 2 aromatic carbocycles. The second-order valence-corrected chi connectivity index (χ2v) is 7.02. The van der Waals surface area contributed by atoms with Crippen LogP contribution in [0.25, 0.3) is 6.08 Å². The summed E-state index contributed by atoms with van der Waals surface area (Å²) in [6, 6.07) is 10.0. The van der Waals surface area contributed by atoms with Gasteiger partial charge < -0.3 is 9.57 Å². The molecule has 128 valence electrons. The Bertz CT molecular complexity index is 886. The summed E-state index contributed by atoms with van der Waals surface area (Å²) >= 11 is 6.89. The van der Waals surface area contributed by atoms with Crippen LogP contribution in [-0.4, -0.2) is 11.7 Å². The van der Waals surface area contributed by atoms with Gasteiger partial charge in [-0.1, -0.05) is 23.4 Å². The molecule has 2 aromatic rings. The Morgan fingerprint density at radius 2 is 1.92 bits per heavy atom. The van der Waals surface area contributed by atoms with Crippen LogP contribution in [0.4, 0.5) is 4.39 Å².